The van der Waals surface area contributed by atoms with Gasteiger partial charge in [-0.2, -0.15) is 0 Å². The van der Waals surface area contributed by atoms with Crippen LogP contribution in [0.4, 0.5) is 5.69 Å². The minimum absolute atomic E-state index is 0.270. The predicted octanol–water partition coefficient (Wildman–Crippen LogP) is 2.86. The number of aryl methyl sites for hydroxylation is 1. The molecule has 0 bridgehead atoms. The molecule has 18 heavy (non-hydrogen) atoms. The van der Waals surface area contributed by atoms with Crippen molar-refractivity contribution < 1.29 is 4.79 Å². The second-order valence-electron chi connectivity index (χ2n) is 5.58. The van der Waals surface area contributed by atoms with Crippen LogP contribution in [-0.2, 0) is 4.79 Å². The molecule has 2 atom stereocenters. The highest BCUT2D eigenvalue weighted by molar-refractivity contribution is 5.79. The first-order valence-electron chi connectivity index (χ1n) is 6.81. The van der Waals surface area contributed by atoms with E-state index < -0.39 is 0 Å². The Bertz CT molecular complexity index is 483. The minimum Gasteiger partial charge on any atom is -0.382 e. The lowest BCUT2D eigenvalue weighted by molar-refractivity contribution is -0.130. The number of hydrogen-bond acceptors (Lipinski definition) is 2. The van der Waals surface area contributed by atoms with Crippen LogP contribution < -0.4 is 5.32 Å². The van der Waals surface area contributed by atoms with E-state index in [4.69, 9.17) is 0 Å². The molecule has 96 valence electrons. The molecule has 0 spiro atoms. The third-order valence-corrected chi connectivity index (χ3v) is 4.03. The van der Waals surface area contributed by atoms with Gasteiger partial charge in [0.1, 0.15) is 0 Å². The van der Waals surface area contributed by atoms with E-state index in [1.165, 1.54) is 16.8 Å². The van der Waals surface area contributed by atoms with Gasteiger partial charge in [-0.15, -0.1) is 0 Å². The molecular weight excluding hydrogens is 224 g/mol. The Morgan fingerprint density at radius 1 is 1.39 bits per heavy atom. The van der Waals surface area contributed by atoms with Crippen LogP contribution in [0.5, 0.6) is 0 Å². The summed E-state index contributed by atoms with van der Waals surface area (Å²) in [6.07, 6.45) is 2.75. The maximum absolute atomic E-state index is 12.0. The monoisotopic (exact) mass is 244 g/mol. The molecule has 1 N–H and O–H groups in total. The number of hydrogen-bond donors (Lipinski definition) is 1. The van der Waals surface area contributed by atoms with Gasteiger partial charge in [0, 0.05) is 24.7 Å². The molecule has 0 radical (unpaired) electrons. The summed E-state index contributed by atoms with van der Waals surface area (Å²) >= 11 is 0. The van der Waals surface area contributed by atoms with E-state index in [0.29, 0.717) is 11.9 Å². The van der Waals surface area contributed by atoms with Gasteiger partial charge < -0.3 is 10.2 Å². The number of likely N-dealkylation sites (tertiary alicyclic amines) is 1. The lowest BCUT2D eigenvalue weighted by Gasteiger charge is -2.37. The Labute approximate surface area is 108 Å². The molecule has 1 saturated heterocycles. The Kier molecular flexibility index (Phi) is 2.77. The van der Waals surface area contributed by atoms with Crippen molar-refractivity contribution in [3.8, 4) is 0 Å². The number of rotatable bonds is 1. The Hall–Kier alpha value is -1.51. The van der Waals surface area contributed by atoms with Gasteiger partial charge in [-0.25, -0.2) is 0 Å². The second-order valence-corrected chi connectivity index (χ2v) is 5.58. The number of nitrogens with zero attached hydrogens (tertiary/aromatic N) is 1. The molecule has 0 aliphatic carbocycles. The fourth-order valence-corrected chi connectivity index (χ4v) is 3.17. The highest BCUT2D eigenvalue weighted by atomic mass is 16.2. The first-order chi connectivity index (χ1) is 8.65. The Morgan fingerprint density at radius 3 is 2.94 bits per heavy atom. The van der Waals surface area contributed by atoms with E-state index in [1.54, 1.807) is 0 Å². The van der Waals surface area contributed by atoms with Gasteiger partial charge in [0.25, 0.3) is 0 Å². The number of carbonyl (C=O) groups excluding carboxylic acids is 1. The zero-order valence-corrected chi connectivity index (χ0v) is 11.1. The normalized spacial score (nSPS) is 27.0. The van der Waals surface area contributed by atoms with Gasteiger partial charge in [0.2, 0.25) is 5.91 Å². The Morgan fingerprint density at radius 2 is 2.22 bits per heavy atom. The topological polar surface area (TPSA) is 32.3 Å². The fraction of sp³-hybridized carbons (Fsp3) is 0.533. The molecule has 1 aromatic carbocycles. The van der Waals surface area contributed by atoms with Crippen LogP contribution in [0.3, 0.4) is 0 Å². The summed E-state index contributed by atoms with van der Waals surface area (Å²) in [6.45, 7) is 5.22. The van der Waals surface area contributed by atoms with Crippen LogP contribution in [0.25, 0.3) is 0 Å². The van der Waals surface area contributed by atoms with Crippen molar-refractivity contribution >= 4 is 11.6 Å². The summed E-state index contributed by atoms with van der Waals surface area (Å²) in [5.74, 6) is 0.321. The van der Waals surface area contributed by atoms with Crippen molar-refractivity contribution in [1.29, 1.82) is 0 Å². The van der Waals surface area contributed by atoms with Crippen molar-refractivity contribution in [2.75, 3.05) is 11.9 Å². The van der Waals surface area contributed by atoms with Crippen LogP contribution in [-0.4, -0.2) is 23.4 Å². The van der Waals surface area contributed by atoms with Crippen LogP contribution in [0.15, 0.2) is 18.2 Å². The van der Waals surface area contributed by atoms with Gasteiger partial charge in [-0.3, -0.25) is 4.79 Å². The zero-order valence-electron chi connectivity index (χ0n) is 11.1. The Balaban J connectivity index is 2.00. The maximum Gasteiger partial charge on any atom is 0.223 e. The van der Waals surface area contributed by atoms with Gasteiger partial charge in [0.05, 0.1) is 6.04 Å². The number of carbonyl (C=O) groups is 1. The number of anilines is 1. The first kappa shape index (κ1) is 11.6. The lowest BCUT2D eigenvalue weighted by Crippen LogP contribution is -2.37. The van der Waals surface area contributed by atoms with E-state index >= 15 is 0 Å². The van der Waals surface area contributed by atoms with E-state index in [9.17, 15) is 4.79 Å². The summed E-state index contributed by atoms with van der Waals surface area (Å²) in [5.41, 5.74) is 3.76. The molecule has 1 amide bonds. The van der Waals surface area contributed by atoms with Gasteiger partial charge in [0.15, 0.2) is 0 Å². The summed E-state index contributed by atoms with van der Waals surface area (Å²) in [5, 5.41) is 3.52. The number of nitrogens with one attached hydrogen (secondary N) is 1. The summed E-state index contributed by atoms with van der Waals surface area (Å²) in [4.78, 5) is 14.1. The summed E-state index contributed by atoms with van der Waals surface area (Å²) < 4.78 is 0. The van der Waals surface area contributed by atoms with Gasteiger partial charge in [-0.1, -0.05) is 17.7 Å². The molecule has 2 aliphatic heterocycles. The first-order valence-corrected chi connectivity index (χ1v) is 6.81. The summed E-state index contributed by atoms with van der Waals surface area (Å²) in [7, 11) is 0. The number of amides is 1. The van der Waals surface area contributed by atoms with E-state index in [0.717, 1.165) is 25.8 Å². The number of fused-ring (bicyclic) bond motifs is 1. The molecule has 1 fully saturated rings. The highest BCUT2D eigenvalue weighted by Crippen LogP contribution is 2.38. The third-order valence-electron chi connectivity index (χ3n) is 4.03. The SMILES string of the molecule is Cc1ccc2c(c1)C(N1CCCC1=O)C[C@@H](C)N2. The molecule has 0 saturated carbocycles. The smallest absolute Gasteiger partial charge is 0.223 e. The van der Waals surface area contributed by atoms with E-state index in [2.05, 4.69) is 42.3 Å². The van der Waals surface area contributed by atoms with E-state index in [1.807, 2.05) is 0 Å². The highest BCUT2D eigenvalue weighted by Gasteiger charge is 2.33. The standard InChI is InChI=1S/C15H20N2O/c1-10-5-6-13-12(8-10)14(9-11(2)16-13)17-7-3-4-15(17)18/h5-6,8,11,14,16H,3-4,7,9H2,1-2H3/t11-,14?/m1/s1. The minimum atomic E-state index is 0.270. The largest absolute Gasteiger partial charge is 0.382 e. The average Bonchev–Trinajstić information content (AvgIpc) is 2.75. The third kappa shape index (κ3) is 1.88. The van der Waals surface area contributed by atoms with Crippen molar-refractivity contribution in [2.24, 2.45) is 0 Å². The van der Waals surface area contributed by atoms with Gasteiger partial charge >= 0.3 is 0 Å². The second kappa shape index (κ2) is 4.30. The summed E-state index contributed by atoms with van der Waals surface area (Å²) in [6, 6.07) is 7.20. The molecule has 2 aliphatic rings. The van der Waals surface area contributed by atoms with Crippen molar-refractivity contribution in [2.45, 2.75) is 45.2 Å². The zero-order chi connectivity index (χ0) is 12.7. The molecule has 3 heteroatoms. The molecule has 3 nitrogen and oxygen atoms in total. The fourth-order valence-electron chi connectivity index (χ4n) is 3.17. The van der Waals surface area contributed by atoms with Gasteiger partial charge in [-0.05, 0) is 38.3 Å². The maximum atomic E-state index is 12.0. The van der Waals surface area contributed by atoms with Crippen LogP contribution in [0.1, 0.15) is 43.4 Å². The van der Waals surface area contributed by atoms with Crippen molar-refractivity contribution in [1.82, 2.24) is 4.90 Å². The van der Waals surface area contributed by atoms with Crippen molar-refractivity contribution in [3.63, 3.8) is 0 Å². The molecule has 1 unspecified atom stereocenters. The van der Waals surface area contributed by atoms with Crippen molar-refractivity contribution in [3.05, 3.63) is 29.3 Å². The molecule has 3 rings (SSSR count). The average molecular weight is 244 g/mol. The molecule has 2 heterocycles. The number of benzene rings is 1. The molecule has 0 aromatic heterocycles. The quantitative estimate of drug-likeness (QED) is 0.824. The van der Waals surface area contributed by atoms with Crippen LogP contribution in [0, 0.1) is 6.92 Å². The van der Waals surface area contributed by atoms with Crippen LogP contribution >= 0.6 is 0 Å². The molecule has 1 aromatic rings. The van der Waals surface area contributed by atoms with E-state index in [-0.39, 0.29) is 6.04 Å². The lowest BCUT2D eigenvalue weighted by atomic mass is 9.91. The van der Waals surface area contributed by atoms with Crippen LogP contribution in [0.2, 0.25) is 0 Å². The molecular formula is C15H20N2O. The predicted molar refractivity (Wildman–Crippen MR) is 72.6 cm³/mol.